The van der Waals surface area contributed by atoms with Crippen molar-refractivity contribution in [2.75, 3.05) is 20.6 Å². The van der Waals surface area contributed by atoms with Crippen LogP contribution in [0.1, 0.15) is 6.42 Å². The zero-order chi connectivity index (χ0) is 9.28. The van der Waals surface area contributed by atoms with Crippen LogP contribution >= 0.6 is 0 Å². The second-order valence-corrected chi connectivity index (χ2v) is 3.50. The minimum Gasteiger partial charge on any atom is -0.402 e. The molecule has 0 aliphatic heterocycles. The molecule has 3 N–H and O–H groups in total. The molecule has 4 nitrogen and oxygen atoms in total. The van der Waals surface area contributed by atoms with E-state index in [0.717, 1.165) is 0 Å². The van der Waals surface area contributed by atoms with Crippen molar-refractivity contribution in [2.24, 2.45) is 0 Å². The minimum absolute atomic E-state index is 1.27. The highest BCUT2D eigenvalue weighted by Gasteiger charge is 1.92. The normalized spacial score (nSPS) is 9.27. The Morgan fingerprint density at radius 1 is 1.27 bits per heavy atom. The summed E-state index contributed by atoms with van der Waals surface area (Å²) in [6, 6.07) is 1.44. The number of rotatable bonds is 3. The van der Waals surface area contributed by atoms with Gasteiger partial charge in [0, 0.05) is 10.2 Å². The van der Waals surface area contributed by atoms with E-state index in [0.29, 0.717) is 0 Å². The average Bonchev–Trinajstić information content (AvgIpc) is 1.82. The number of hydrogen-bond donors (Lipinski definition) is 3. The first-order chi connectivity index (χ1) is 5.00. The summed E-state index contributed by atoms with van der Waals surface area (Å²) in [5.41, 5.74) is 0. The smallest absolute Gasteiger partial charge is 0.402 e. The Morgan fingerprint density at radius 2 is 1.64 bits per heavy atom. The Labute approximate surface area is 71.4 Å². The molecule has 6 heteroatoms. The van der Waals surface area contributed by atoms with E-state index in [-0.39, 0.29) is 0 Å². The molecule has 0 amide bonds. The predicted molar refractivity (Wildman–Crippen MR) is 50.3 cm³/mol. The van der Waals surface area contributed by atoms with E-state index in [1.54, 1.807) is 0 Å². The first-order valence-corrected chi connectivity index (χ1v) is 5.11. The van der Waals surface area contributed by atoms with Crippen LogP contribution in [0.3, 0.4) is 0 Å². The fraction of sp³-hybridized carbons (Fsp3) is 1.00. The summed E-state index contributed by atoms with van der Waals surface area (Å²) >= 11 is 0. The lowest BCUT2D eigenvalue weighted by atomic mass is 10.3. The van der Waals surface area contributed by atoms with Crippen LogP contribution in [0.25, 0.3) is 0 Å². The summed E-state index contributed by atoms with van der Waals surface area (Å²) in [6.45, 7) is 1.27. The second kappa shape index (κ2) is 10.1. The van der Waals surface area contributed by atoms with Crippen molar-refractivity contribution in [1.82, 2.24) is 4.90 Å². The SMILES string of the molecule is CN(C)CCC[SiH3].OB(O)O. The third-order valence-corrected chi connectivity index (χ3v) is 1.67. The second-order valence-electron chi connectivity index (χ2n) is 2.50. The van der Waals surface area contributed by atoms with E-state index in [1.807, 2.05) is 0 Å². The third kappa shape index (κ3) is 39.3. The molecule has 0 aliphatic rings. The first kappa shape index (κ1) is 13.7. The van der Waals surface area contributed by atoms with E-state index >= 15 is 0 Å². The fourth-order valence-electron chi connectivity index (χ4n) is 0.474. The average molecular weight is 179 g/mol. The van der Waals surface area contributed by atoms with Crippen LogP contribution in [0.5, 0.6) is 0 Å². The lowest BCUT2D eigenvalue weighted by molar-refractivity contribution is 0.278. The Balaban J connectivity index is 0. The summed E-state index contributed by atoms with van der Waals surface area (Å²) < 4.78 is 0. The van der Waals surface area contributed by atoms with E-state index in [9.17, 15) is 0 Å². The molecule has 0 atom stereocenters. The van der Waals surface area contributed by atoms with Crippen LogP contribution in [0.4, 0.5) is 0 Å². The van der Waals surface area contributed by atoms with Crippen molar-refractivity contribution < 1.29 is 15.1 Å². The third-order valence-electron chi connectivity index (χ3n) is 0.959. The number of hydrogen-bond acceptors (Lipinski definition) is 4. The molecule has 0 spiro atoms. The van der Waals surface area contributed by atoms with E-state index in [1.165, 1.54) is 29.3 Å². The zero-order valence-electron chi connectivity index (χ0n) is 7.49. The largest absolute Gasteiger partial charge is 0.631 e. The highest BCUT2D eigenvalue weighted by molar-refractivity contribution is 6.30. The molecule has 0 bridgehead atoms. The van der Waals surface area contributed by atoms with Crippen molar-refractivity contribution in [3.8, 4) is 0 Å². The van der Waals surface area contributed by atoms with Crippen molar-refractivity contribution in [3.05, 3.63) is 0 Å². The van der Waals surface area contributed by atoms with Crippen molar-refractivity contribution >= 4 is 17.6 Å². The first-order valence-electron chi connectivity index (χ1n) is 3.69. The molecule has 0 fully saturated rings. The van der Waals surface area contributed by atoms with E-state index in [4.69, 9.17) is 15.1 Å². The Kier molecular flexibility index (Phi) is 12.6. The van der Waals surface area contributed by atoms with Gasteiger partial charge in [0.05, 0.1) is 0 Å². The van der Waals surface area contributed by atoms with Crippen LogP contribution in [0, 0.1) is 0 Å². The lowest BCUT2D eigenvalue weighted by Crippen LogP contribution is -2.12. The maximum atomic E-state index is 7.17. The van der Waals surface area contributed by atoms with Gasteiger partial charge < -0.3 is 20.0 Å². The van der Waals surface area contributed by atoms with Gasteiger partial charge in [-0.2, -0.15) is 0 Å². The maximum absolute atomic E-state index is 7.17. The van der Waals surface area contributed by atoms with Gasteiger partial charge in [0.25, 0.3) is 0 Å². The molecule has 0 saturated carbocycles. The van der Waals surface area contributed by atoms with Crippen LogP contribution in [0.15, 0.2) is 0 Å². The minimum atomic E-state index is -2.17. The molecule has 68 valence electrons. The Hall–Kier alpha value is 0.122. The Bertz CT molecular complexity index is 72.0. The molecule has 0 rings (SSSR count). The molecule has 0 aromatic carbocycles. The van der Waals surface area contributed by atoms with Crippen LogP contribution in [-0.4, -0.2) is 58.2 Å². The highest BCUT2D eigenvalue weighted by atomic mass is 28.1. The van der Waals surface area contributed by atoms with Crippen molar-refractivity contribution in [3.63, 3.8) is 0 Å². The van der Waals surface area contributed by atoms with Crippen molar-refractivity contribution in [1.29, 1.82) is 0 Å². The molecule has 0 radical (unpaired) electrons. The van der Waals surface area contributed by atoms with Crippen LogP contribution in [0.2, 0.25) is 6.04 Å². The van der Waals surface area contributed by atoms with Crippen molar-refractivity contribution in [2.45, 2.75) is 12.5 Å². The quantitative estimate of drug-likeness (QED) is 0.425. The topological polar surface area (TPSA) is 63.9 Å². The Morgan fingerprint density at radius 3 is 1.73 bits per heavy atom. The molecule has 0 aromatic rings. The summed E-state index contributed by atoms with van der Waals surface area (Å²) in [6.07, 6.45) is 1.39. The van der Waals surface area contributed by atoms with Gasteiger partial charge in [0.15, 0.2) is 0 Å². The van der Waals surface area contributed by atoms with E-state index in [2.05, 4.69) is 19.0 Å². The maximum Gasteiger partial charge on any atom is 0.631 e. The van der Waals surface area contributed by atoms with Gasteiger partial charge in [-0.05, 0) is 27.1 Å². The van der Waals surface area contributed by atoms with Gasteiger partial charge >= 0.3 is 7.32 Å². The van der Waals surface area contributed by atoms with Gasteiger partial charge in [0.1, 0.15) is 0 Å². The van der Waals surface area contributed by atoms with Gasteiger partial charge in [-0.1, -0.05) is 6.04 Å². The van der Waals surface area contributed by atoms with Crippen LogP contribution in [-0.2, 0) is 0 Å². The van der Waals surface area contributed by atoms with Gasteiger partial charge in [-0.25, -0.2) is 0 Å². The molecule has 0 unspecified atom stereocenters. The lowest BCUT2D eigenvalue weighted by Gasteiger charge is -2.05. The van der Waals surface area contributed by atoms with E-state index < -0.39 is 7.32 Å². The molecule has 0 aromatic heterocycles. The summed E-state index contributed by atoms with van der Waals surface area (Å²) in [5, 5.41) is 21.5. The number of nitrogens with zero attached hydrogens (tertiary/aromatic N) is 1. The monoisotopic (exact) mass is 179 g/mol. The standard InChI is InChI=1S/C5H15NSi.BH3O3/c1-6(2)4-3-5-7;2-1(3)4/h3-5H2,1-2,7H3;2-4H. The zero-order valence-corrected chi connectivity index (χ0v) is 9.49. The van der Waals surface area contributed by atoms with Gasteiger partial charge in [0.2, 0.25) is 0 Å². The van der Waals surface area contributed by atoms with Gasteiger partial charge in [-0.15, -0.1) is 0 Å². The summed E-state index contributed by atoms with van der Waals surface area (Å²) in [5.74, 6) is 0. The molecular weight excluding hydrogens is 161 g/mol. The predicted octanol–water partition coefficient (Wildman–Crippen LogP) is -2.33. The molecule has 0 saturated heterocycles. The summed E-state index contributed by atoms with van der Waals surface area (Å²) in [4.78, 5) is 2.23. The summed E-state index contributed by atoms with van der Waals surface area (Å²) in [7, 11) is 3.45. The fourth-order valence-corrected chi connectivity index (χ4v) is 0.791. The molecule has 0 aliphatic carbocycles. The van der Waals surface area contributed by atoms with Gasteiger partial charge in [-0.3, -0.25) is 0 Å². The molecule has 11 heavy (non-hydrogen) atoms. The van der Waals surface area contributed by atoms with Crippen LogP contribution < -0.4 is 0 Å². The highest BCUT2D eigenvalue weighted by Crippen LogP contribution is 1.84. The molecule has 0 heterocycles. The molecular formula is C5H18BNO3Si.